The van der Waals surface area contributed by atoms with E-state index in [0.29, 0.717) is 6.23 Å². The third kappa shape index (κ3) is 2.66. The largest absolute Gasteiger partial charge is 0.361 e. The number of hydrogen-bond donors (Lipinski definition) is 1. The summed E-state index contributed by atoms with van der Waals surface area (Å²) < 4.78 is 5.47. The Labute approximate surface area is 88.0 Å². The molecule has 0 bridgehead atoms. The maximum Gasteiger partial charge on any atom is 0.123 e. The molecule has 2 fully saturated rings. The Kier molecular flexibility index (Phi) is 5.90. The van der Waals surface area contributed by atoms with E-state index in [4.69, 9.17) is 4.74 Å². The quantitative estimate of drug-likeness (QED) is 0.723. The van der Waals surface area contributed by atoms with Gasteiger partial charge < -0.3 is 4.74 Å². The molecule has 0 unspecified atom stereocenters. The Hall–Kier alpha value is 0.840. The van der Waals surface area contributed by atoms with Crippen molar-refractivity contribution < 1.29 is 4.74 Å². The van der Waals surface area contributed by atoms with Crippen molar-refractivity contribution in [3.8, 4) is 0 Å². The Balaban J connectivity index is 0.000000500. The van der Waals surface area contributed by atoms with E-state index in [2.05, 4.69) is 10.4 Å². The fraction of sp³-hybridized carbons (Fsp3) is 1.00. The van der Waals surface area contributed by atoms with Gasteiger partial charge in [-0.25, -0.2) is 5.01 Å². The van der Waals surface area contributed by atoms with Crippen LogP contribution in [0.25, 0.3) is 0 Å². The minimum absolute atomic E-state index is 0. The molecule has 0 amide bonds. The average molecular weight is 290 g/mol. The standard InChI is InChI=1S/C6H12N2O.2BrH/c1-2-6-8(4-1)7-3-5-9-6;;/h6-7H,1-5H2;2*1H/t6-;;/m0../s1. The van der Waals surface area contributed by atoms with Crippen molar-refractivity contribution in [3.05, 3.63) is 0 Å². The maximum absolute atomic E-state index is 5.47. The molecule has 11 heavy (non-hydrogen) atoms. The van der Waals surface area contributed by atoms with Crippen molar-refractivity contribution in [2.75, 3.05) is 19.7 Å². The third-order valence-electron chi connectivity index (χ3n) is 1.92. The average Bonchev–Trinajstić information content (AvgIpc) is 2.33. The lowest BCUT2D eigenvalue weighted by Crippen LogP contribution is -2.49. The number of hydrazine groups is 1. The predicted octanol–water partition coefficient (Wildman–Crippen LogP) is 1.10. The molecule has 5 heteroatoms. The predicted molar refractivity (Wildman–Crippen MR) is 54.3 cm³/mol. The highest BCUT2D eigenvalue weighted by molar-refractivity contribution is 8.93. The molecule has 0 radical (unpaired) electrons. The first-order valence-corrected chi connectivity index (χ1v) is 3.58. The van der Waals surface area contributed by atoms with Gasteiger partial charge in [0.1, 0.15) is 6.23 Å². The van der Waals surface area contributed by atoms with E-state index in [-0.39, 0.29) is 34.0 Å². The molecule has 1 atom stereocenters. The molecule has 1 N–H and O–H groups in total. The van der Waals surface area contributed by atoms with Gasteiger partial charge in [-0.05, 0) is 12.8 Å². The van der Waals surface area contributed by atoms with Crippen LogP contribution in [0, 0.1) is 0 Å². The molecule has 0 aromatic rings. The SMILES string of the molecule is Br.Br.C1C[C@@H]2OCCNN2C1. The number of hydrogen-bond acceptors (Lipinski definition) is 3. The number of rotatable bonds is 0. The summed E-state index contributed by atoms with van der Waals surface area (Å²) in [7, 11) is 0. The Bertz CT molecular complexity index is 103. The fourth-order valence-electron chi connectivity index (χ4n) is 1.47. The maximum atomic E-state index is 5.47. The molecular formula is C6H14Br2N2O. The van der Waals surface area contributed by atoms with Crippen molar-refractivity contribution in [2.45, 2.75) is 19.1 Å². The molecule has 2 saturated heterocycles. The van der Waals surface area contributed by atoms with Crippen LogP contribution in [0.1, 0.15) is 12.8 Å². The van der Waals surface area contributed by atoms with Gasteiger partial charge in [-0.15, -0.1) is 34.0 Å². The van der Waals surface area contributed by atoms with E-state index in [1.165, 1.54) is 12.8 Å². The summed E-state index contributed by atoms with van der Waals surface area (Å²) in [6, 6.07) is 0. The first kappa shape index (κ1) is 11.8. The second-order valence-corrected chi connectivity index (χ2v) is 2.57. The summed E-state index contributed by atoms with van der Waals surface area (Å²) in [4.78, 5) is 0. The van der Waals surface area contributed by atoms with Crippen LogP contribution in [-0.4, -0.2) is 30.9 Å². The van der Waals surface area contributed by atoms with E-state index in [9.17, 15) is 0 Å². The van der Waals surface area contributed by atoms with E-state index in [1.807, 2.05) is 0 Å². The van der Waals surface area contributed by atoms with Crippen LogP contribution in [0.2, 0.25) is 0 Å². The van der Waals surface area contributed by atoms with Crippen molar-refractivity contribution >= 4 is 34.0 Å². The van der Waals surface area contributed by atoms with E-state index >= 15 is 0 Å². The smallest absolute Gasteiger partial charge is 0.123 e. The zero-order valence-electron chi connectivity index (χ0n) is 6.28. The van der Waals surface area contributed by atoms with E-state index < -0.39 is 0 Å². The first-order chi connectivity index (χ1) is 4.47. The van der Waals surface area contributed by atoms with E-state index in [1.54, 1.807) is 0 Å². The van der Waals surface area contributed by atoms with Gasteiger partial charge in [0.05, 0.1) is 6.61 Å². The minimum atomic E-state index is 0. The lowest BCUT2D eigenvalue weighted by Gasteiger charge is -2.29. The Morgan fingerprint density at radius 1 is 1.36 bits per heavy atom. The molecule has 2 aliphatic heterocycles. The number of fused-ring (bicyclic) bond motifs is 1. The molecule has 3 nitrogen and oxygen atoms in total. The summed E-state index contributed by atoms with van der Waals surface area (Å²) >= 11 is 0. The lowest BCUT2D eigenvalue weighted by atomic mass is 10.4. The van der Waals surface area contributed by atoms with Crippen LogP contribution < -0.4 is 5.43 Å². The highest BCUT2D eigenvalue weighted by Crippen LogP contribution is 2.17. The summed E-state index contributed by atoms with van der Waals surface area (Å²) in [5, 5.41) is 2.20. The topological polar surface area (TPSA) is 24.5 Å². The van der Waals surface area contributed by atoms with Crippen molar-refractivity contribution in [1.29, 1.82) is 0 Å². The van der Waals surface area contributed by atoms with Gasteiger partial charge in [0.25, 0.3) is 0 Å². The summed E-state index contributed by atoms with van der Waals surface area (Å²) in [6.07, 6.45) is 2.86. The van der Waals surface area contributed by atoms with Gasteiger partial charge in [-0.3, -0.25) is 5.43 Å². The molecule has 2 rings (SSSR count). The van der Waals surface area contributed by atoms with Gasteiger partial charge in [0, 0.05) is 13.1 Å². The van der Waals surface area contributed by atoms with Gasteiger partial charge >= 0.3 is 0 Å². The van der Waals surface area contributed by atoms with Gasteiger partial charge in [0.15, 0.2) is 0 Å². The van der Waals surface area contributed by atoms with Crippen LogP contribution in [0.3, 0.4) is 0 Å². The van der Waals surface area contributed by atoms with Crippen molar-refractivity contribution in [1.82, 2.24) is 10.4 Å². The van der Waals surface area contributed by atoms with Gasteiger partial charge in [-0.2, -0.15) is 0 Å². The zero-order chi connectivity index (χ0) is 6.10. The summed E-state index contributed by atoms with van der Waals surface area (Å²) in [5.41, 5.74) is 3.29. The third-order valence-corrected chi connectivity index (χ3v) is 1.92. The fourth-order valence-corrected chi connectivity index (χ4v) is 1.47. The zero-order valence-corrected chi connectivity index (χ0v) is 9.71. The normalized spacial score (nSPS) is 30.0. The Morgan fingerprint density at radius 2 is 2.18 bits per heavy atom. The molecule has 68 valence electrons. The van der Waals surface area contributed by atoms with Crippen LogP contribution in [-0.2, 0) is 4.74 Å². The lowest BCUT2D eigenvalue weighted by molar-refractivity contribution is -0.0974. The molecule has 0 aromatic heterocycles. The van der Waals surface area contributed by atoms with Crippen molar-refractivity contribution in [3.63, 3.8) is 0 Å². The molecule has 2 aliphatic rings. The summed E-state index contributed by atoms with van der Waals surface area (Å²) in [5.74, 6) is 0. The number of nitrogens with one attached hydrogen (secondary N) is 1. The summed E-state index contributed by atoms with van der Waals surface area (Å²) in [6.45, 7) is 3.02. The highest BCUT2D eigenvalue weighted by atomic mass is 79.9. The molecule has 0 aliphatic carbocycles. The first-order valence-electron chi connectivity index (χ1n) is 3.58. The second-order valence-electron chi connectivity index (χ2n) is 2.57. The molecular weight excluding hydrogens is 276 g/mol. The Morgan fingerprint density at radius 3 is 2.91 bits per heavy atom. The second kappa shape index (κ2) is 5.48. The van der Waals surface area contributed by atoms with Crippen molar-refractivity contribution in [2.24, 2.45) is 0 Å². The van der Waals surface area contributed by atoms with Gasteiger partial charge in [-0.1, -0.05) is 0 Å². The molecule has 2 heterocycles. The molecule has 0 spiro atoms. The van der Waals surface area contributed by atoms with Crippen LogP contribution in [0.5, 0.6) is 0 Å². The number of ether oxygens (including phenoxy) is 1. The van der Waals surface area contributed by atoms with E-state index in [0.717, 1.165) is 19.7 Å². The number of halogens is 2. The number of nitrogens with zero attached hydrogens (tertiary/aromatic N) is 1. The molecule has 0 saturated carbocycles. The minimum Gasteiger partial charge on any atom is -0.361 e. The molecule has 0 aromatic carbocycles. The van der Waals surface area contributed by atoms with Crippen LogP contribution in [0.15, 0.2) is 0 Å². The van der Waals surface area contributed by atoms with Crippen LogP contribution >= 0.6 is 34.0 Å². The highest BCUT2D eigenvalue weighted by Gasteiger charge is 2.26. The van der Waals surface area contributed by atoms with Gasteiger partial charge in [0.2, 0.25) is 0 Å². The van der Waals surface area contributed by atoms with Crippen LogP contribution in [0.4, 0.5) is 0 Å². The monoisotopic (exact) mass is 288 g/mol.